The highest BCUT2D eigenvalue weighted by atomic mass is 79.9. The monoisotopic (exact) mass is 316 g/mol. The third-order valence-corrected chi connectivity index (χ3v) is 3.85. The molecule has 4 heteroatoms. The van der Waals surface area contributed by atoms with Crippen LogP contribution in [0, 0.1) is 6.92 Å². The van der Waals surface area contributed by atoms with Crippen molar-refractivity contribution in [2.75, 3.05) is 0 Å². The molecule has 1 aromatic carbocycles. The highest BCUT2D eigenvalue weighted by Crippen LogP contribution is 2.26. The van der Waals surface area contributed by atoms with Crippen molar-refractivity contribution in [1.82, 2.24) is 0 Å². The van der Waals surface area contributed by atoms with Gasteiger partial charge in [-0.2, -0.15) is 0 Å². The van der Waals surface area contributed by atoms with E-state index in [0.717, 1.165) is 25.0 Å². The summed E-state index contributed by atoms with van der Waals surface area (Å²) in [4.78, 5) is 1.13. The second kappa shape index (κ2) is 5.21. The number of benzene rings is 1. The molecule has 1 nitrogen and oxygen atoms in total. The number of halogens is 2. The molecule has 2 aromatic rings. The van der Waals surface area contributed by atoms with Gasteiger partial charge in [-0.05, 0) is 36.8 Å². The van der Waals surface area contributed by atoms with Gasteiger partial charge in [-0.3, -0.25) is 0 Å². The Balaban J connectivity index is 2.07. The fourth-order valence-electron chi connectivity index (χ4n) is 1.31. The third kappa shape index (κ3) is 3.00. The van der Waals surface area contributed by atoms with Crippen molar-refractivity contribution < 1.29 is 4.74 Å². The Labute approximate surface area is 112 Å². The number of ether oxygens (including phenoxy) is 1. The summed E-state index contributed by atoms with van der Waals surface area (Å²) in [6.07, 6.45) is 0. The van der Waals surface area contributed by atoms with Gasteiger partial charge in [0.15, 0.2) is 0 Å². The van der Waals surface area contributed by atoms with Gasteiger partial charge in [0.1, 0.15) is 12.4 Å². The molecule has 0 aliphatic rings. The van der Waals surface area contributed by atoms with Crippen molar-refractivity contribution in [3.05, 3.63) is 49.6 Å². The molecule has 0 N–H and O–H groups in total. The fourth-order valence-corrected chi connectivity index (χ4v) is 2.65. The van der Waals surface area contributed by atoms with Gasteiger partial charge in [0.25, 0.3) is 0 Å². The lowest BCUT2D eigenvalue weighted by atomic mass is 10.2. The van der Waals surface area contributed by atoms with Crippen LogP contribution >= 0.6 is 38.9 Å². The Morgan fingerprint density at radius 3 is 2.81 bits per heavy atom. The van der Waals surface area contributed by atoms with Crippen LogP contribution < -0.4 is 4.74 Å². The molecule has 0 aliphatic carbocycles. The van der Waals surface area contributed by atoms with Gasteiger partial charge in [-0.15, -0.1) is 11.3 Å². The van der Waals surface area contributed by atoms with Gasteiger partial charge in [-0.25, -0.2) is 0 Å². The predicted molar refractivity (Wildman–Crippen MR) is 72.5 cm³/mol. The van der Waals surface area contributed by atoms with E-state index in [1.165, 1.54) is 0 Å². The lowest BCUT2D eigenvalue weighted by Gasteiger charge is -2.08. The fraction of sp³-hybridized carbons (Fsp3) is 0.167. The zero-order valence-corrected chi connectivity index (χ0v) is 11.8. The topological polar surface area (TPSA) is 9.23 Å². The van der Waals surface area contributed by atoms with E-state index in [9.17, 15) is 0 Å². The summed E-state index contributed by atoms with van der Waals surface area (Å²) in [5, 5.41) is 0. The Bertz CT molecular complexity index is 496. The maximum atomic E-state index is 5.85. The quantitative estimate of drug-likeness (QED) is 0.769. The Kier molecular flexibility index (Phi) is 3.90. The minimum Gasteiger partial charge on any atom is -0.488 e. The molecule has 0 atom stereocenters. The van der Waals surface area contributed by atoms with Gasteiger partial charge >= 0.3 is 0 Å². The normalized spacial score (nSPS) is 10.4. The summed E-state index contributed by atoms with van der Waals surface area (Å²) in [6, 6.07) is 9.88. The Hall–Kier alpha value is -0.510. The number of rotatable bonds is 3. The van der Waals surface area contributed by atoms with Crippen molar-refractivity contribution in [3.8, 4) is 5.75 Å². The first kappa shape index (κ1) is 12.0. The molecule has 2 rings (SSSR count). The van der Waals surface area contributed by atoms with E-state index in [1.807, 2.05) is 37.3 Å². The van der Waals surface area contributed by atoms with Crippen molar-refractivity contribution >= 4 is 38.9 Å². The molecule has 0 fully saturated rings. The molecule has 0 unspecified atom stereocenters. The Morgan fingerprint density at radius 1 is 1.31 bits per heavy atom. The lowest BCUT2D eigenvalue weighted by molar-refractivity contribution is 0.307. The van der Waals surface area contributed by atoms with Crippen LogP contribution in [0.5, 0.6) is 5.75 Å². The van der Waals surface area contributed by atoms with E-state index in [0.29, 0.717) is 6.61 Å². The second-order valence-electron chi connectivity index (χ2n) is 3.40. The van der Waals surface area contributed by atoms with Gasteiger partial charge in [-0.1, -0.05) is 33.6 Å². The van der Waals surface area contributed by atoms with Gasteiger partial charge in [0, 0.05) is 9.35 Å². The zero-order valence-electron chi connectivity index (χ0n) is 8.67. The summed E-state index contributed by atoms with van der Waals surface area (Å²) in [5.74, 6) is 0.902. The molecular formula is C12H10BrClOS. The first-order valence-corrected chi connectivity index (χ1v) is 6.77. The van der Waals surface area contributed by atoms with E-state index in [4.69, 9.17) is 16.3 Å². The minimum absolute atomic E-state index is 0.564. The molecule has 0 radical (unpaired) electrons. The molecule has 16 heavy (non-hydrogen) atoms. The standard InChI is InChI=1S/C12H10BrClOS/c1-8-2-3-9(13)6-11(8)15-7-10-4-5-12(14)16-10/h2-6H,7H2,1H3. The minimum atomic E-state index is 0.564. The molecular weight excluding hydrogens is 308 g/mol. The second-order valence-corrected chi connectivity index (χ2v) is 6.12. The van der Waals surface area contributed by atoms with Gasteiger partial charge in [0.05, 0.1) is 4.34 Å². The SMILES string of the molecule is Cc1ccc(Br)cc1OCc1ccc(Cl)s1. The molecule has 84 valence electrons. The van der Waals surface area contributed by atoms with Crippen molar-refractivity contribution in [3.63, 3.8) is 0 Å². The third-order valence-electron chi connectivity index (χ3n) is 2.15. The van der Waals surface area contributed by atoms with E-state index in [-0.39, 0.29) is 0 Å². The van der Waals surface area contributed by atoms with Crippen LogP contribution in [0.2, 0.25) is 4.34 Å². The summed E-state index contributed by atoms with van der Waals surface area (Å²) >= 11 is 10.8. The lowest BCUT2D eigenvalue weighted by Crippen LogP contribution is -1.94. The first-order valence-electron chi connectivity index (χ1n) is 4.78. The van der Waals surface area contributed by atoms with Crippen LogP contribution in [0.3, 0.4) is 0 Å². The molecule has 0 bridgehead atoms. The molecule has 0 spiro atoms. The van der Waals surface area contributed by atoms with Crippen molar-refractivity contribution in [2.45, 2.75) is 13.5 Å². The van der Waals surface area contributed by atoms with Crippen LogP contribution in [0.1, 0.15) is 10.4 Å². The van der Waals surface area contributed by atoms with Gasteiger partial charge < -0.3 is 4.74 Å². The smallest absolute Gasteiger partial charge is 0.123 e. The summed E-state index contributed by atoms with van der Waals surface area (Å²) in [7, 11) is 0. The maximum Gasteiger partial charge on any atom is 0.123 e. The van der Waals surface area contributed by atoms with E-state index in [2.05, 4.69) is 15.9 Å². The zero-order chi connectivity index (χ0) is 11.5. The molecule has 1 heterocycles. The van der Waals surface area contributed by atoms with E-state index >= 15 is 0 Å². The van der Waals surface area contributed by atoms with E-state index in [1.54, 1.807) is 11.3 Å². The number of hydrogen-bond acceptors (Lipinski definition) is 2. The summed E-state index contributed by atoms with van der Waals surface area (Å²) < 4.78 is 7.56. The number of aryl methyl sites for hydroxylation is 1. The average molecular weight is 318 g/mol. The molecule has 0 aliphatic heterocycles. The highest BCUT2D eigenvalue weighted by molar-refractivity contribution is 9.10. The largest absolute Gasteiger partial charge is 0.488 e. The molecule has 1 aromatic heterocycles. The Morgan fingerprint density at radius 2 is 2.12 bits per heavy atom. The van der Waals surface area contributed by atoms with Crippen molar-refractivity contribution in [2.24, 2.45) is 0 Å². The van der Waals surface area contributed by atoms with Crippen LogP contribution in [0.15, 0.2) is 34.8 Å². The van der Waals surface area contributed by atoms with Crippen LogP contribution in [0.25, 0.3) is 0 Å². The average Bonchev–Trinajstić information content (AvgIpc) is 2.66. The summed E-state index contributed by atoms with van der Waals surface area (Å²) in [6.45, 7) is 2.60. The van der Waals surface area contributed by atoms with Crippen LogP contribution in [0.4, 0.5) is 0 Å². The number of thiophene rings is 1. The highest BCUT2D eigenvalue weighted by Gasteiger charge is 2.03. The van der Waals surface area contributed by atoms with E-state index < -0.39 is 0 Å². The van der Waals surface area contributed by atoms with Crippen LogP contribution in [-0.2, 0) is 6.61 Å². The summed E-state index contributed by atoms with van der Waals surface area (Å²) in [5.41, 5.74) is 1.13. The van der Waals surface area contributed by atoms with Crippen LogP contribution in [-0.4, -0.2) is 0 Å². The van der Waals surface area contributed by atoms with Gasteiger partial charge in [0.2, 0.25) is 0 Å². The predicted octanol–water partition coefficient (Wildman–Crippen LogP) is 5.05. The first-order chi connectivity index (χ1) is 7.65. The maximum absolute atomic E-state index is 5.85. The van der Waals surface area contributed by atoms with Crippen molar-refractivity contribution in [1.29, 1.82) is 0 Å². The molecule has 0 saturated carbocycles. The number of hydrogen-bond donors (Lipinski definition) is 0. The molecule has 0 saturated heterocycles. The molecule has 0 amide bonds.